The number of carbonyl (C=O) groups is 2. The van der Waals surface area contributed by atoms with Crippen LogP contribution >= 0.6 is 0 Å². The van der Waals surface area contributed by atoms with Crippen LogP contribution in [-0.2, 0) is 26.7 Å². The van der Waals surface area contributed by atoms with Gasteiger partial charge in [-0.2, -0.15) is 5.10 Å². The fourth-order valence-corrected chi connectivity index (χ4v) is 2.10. The van der Waals surface area contributed by atoms with Gasteiger partial charge >= 0.3 is 5.97 Å². The largest absolute Gasteiger partial charge is 0.480 e. The monoisotopic (exact) mass is 290 g/mol. The van der Waals surface area contributed by atoms with Crippen LogP contribution in [-0.4, -0.2) is 47.8 Å². The molecular weight excluding hydrogens is 276 g/mol. The Bertz CT molecular complexity index is 579. The van der Waals surface area contributed by atoms with Crippen molar-refractivity contribution >= 4 is 21.9 Å². The third kappa shape index (κ3) is 4.34. The second-order valence-electron chi connectivity index (χ2n) is 3.80. The Morgan fingerprint density at radius 2 is 2.16 bits per heavy atom. The molecule has 3 N–H and O–H groups in total. The van der Waals surface area contributed by atoms with E-state index in [-0.39, 0.29) is 4.90 Å². The van der Waals surface area contributed by atoms with Crippen LogP contribution in [0.25, 0.3) is 0 Å². The maximum Gasteiger partial charge on any atom is 0.325 e. The summed E-state index contributed by atoms with van der Waals surface area (Å²) in [7, 11) is -2.28. The second-order valence-corrected chi connectivity index (χ2v) is 5.57. The van der Waals surface area contributed by atoms with Crippen LogP contribution in [0.3, 0.4) is 0 Å². The van der Waals surface area contributed by atoms with Gasteiger partial charge in [-0.25, -0.2) is 13.1 Å². The molecule has 1 rings (SSSR count). The van der Waals surface area contributed by atoms with E-state index in [1.165, 1.54) is 17.8 Å². The SMILES string of the molecule is C[C@@H](NC(=O)CNS(=O)(=O)c1cnn(C)c1)C(=O)O. The fraction of sp³-hybridized carbons (Fsp3) is 0.444. The van der Waals surface area contributed by atoms with Gasteiger partial charge in [0.05, 0.1) is 12.7 Å². The van der Waals surface area contributed by atoms with Gasteiger partial charge in [0.2, 0.25) is 15.9 Å². The lowest BCUT2D eigenvalue weighted by Crippen LogP contribution is -2.43. The third-order valence-corrected chi connectivity index (χ3v) is 3.52. The number of aliphatic carboxylic acids is 1. The molecule has 0 aliphatic carbocycles. The number of rotatable bonds is 6. The van der Waals surface area contributed by atoms with E-state index in [1.807, 2.05) is 4.72 Å². The number of aryl methyl sites for hydroxylation is 1. The predicted octanol–water partition coefficient (Wildman–Crippen LogP) is -1.71. The van der Waals surface area contributed by atoms with Gasteiger partial charge in [0.15, 0.2) is 0 Å². The van der Waals surface area contributed by atoms with Crippen LogP contribution in [0.15, 0.2) is 17.3 Å². The summed E-state index contributed by atoms with van der Waals surface area (Å²) in [5.41, 5.74) is 0. The molecule has 10 heteroatoms. The van der Waals surface area contributed by atoms with Gasteiger partial charge in [0.25, 0.3) is 0 Å². The van der Waals surface area contributed by atoms with Crippen molar-refractivity contribution in [1.82, 2.24) is 19.8 Å². The molecular formula is C9H14N4O5S. The highest BCUT2D eigenvalue weighted by atomic mass is 32.2. The van der Waals surface area contributed by atoms with Crippen LogP contribution in [0.4, 0.5) is 0 Å². The van der Waals surface area contributed by atoms with E-state index in [4.69, 9.17) is 5.11 Å². The molecule has 0 radical (unpaired) electrons. The van der Waals surface area contributed by atoms with Crippen molar-refractivity contribution in [3.8, 4) is 0 Å². The molecule has 0 spiro atoms. The number of carboxylic acid groups (broad SMARTS) is 1. The Kier molecular flexibility index (Phi) is 4.62. The van der Waals surface area contributed by atoms with E-state index < -0.39 is 34.5 Å². The minimum atomic E-state index is -3.83. The Hall–Kier alpha value is -1.94. The van der Waals surface area contributed by atoms with Crippen molar-refractivity contribution in [2.24, 2.45) is 7.05 Å². The molecule has 1 amide bonds. The number of hydrogen-bond donors (Lipinski definition) is 3. The van der Waals surface area contributed by atoms with E-state index >= 15 is 0 Å². The summed E-state index contributed by atoms with van der Waals surface area (Å²) in [6.07, 6.45) is 2.42. The molecule has 106 valence electrons. The zero-order valence-corrected chi connectivity index (χ0v) is 11.1. The van der Waals surface area contributed by atoms with Gasteiger partial charge in [-0.1, -0.05) is 0 Å². The summed E-state index contributed by atoms with van der Waals surface area (Å²) in [6.45, 7) is 0.727. The van der Waals surface area contributed by atoms with E-state index in [9.17, 15) is 18.0 Å². The molecule has 1 aromatic heterocycles. The number of nitrogens with zero attached hydrogens (tertiary/aromatic N) is 2. The minimum Gasteiger partial charge on any atom is -0.480 e. The summed E-state index contributed by atoms with van der Waals surface area (Å²) in [5.74, 6) is -1.94. The van der Waals surface area contributed by atoms with E-state index in [0.29, 0.717) is 0 Å². The quantitative estimate of drug-likeness (QED) is 0.571. The van der Waals surface area contributed by atoms with Crippen LogP contribution in [0, 0.1) is 0 Å². The van der Waals surface area contributed by atoms with Crippen molar-refractivity contribution in [2.75, 3.05) is 6.54 Å². The van der Waals surface area contributed by atoms with Crippen molar-refractivity contribution in [3.05, 3.63) is 12.4 Å². The molecule has 0 fully saturated rings. The van der Waals surface area contributed by atoms with Crippen LogP contribution in [0.5, 0.6) is 0 Å². The smallest absolute Gasteiger partial charge is 0.325 e. The zero-order valence-electron chi connectivity index (χ0n) is 10.3. The Morgan fingerprint density at radius 1 is 1.53 bits per heavy atom. The topological polar surface area (TPSA) is 130 Å². The summed E-state index contributed by atoms with van der Waals surface area (Å²) >= 11 is 0. The second kappa shape index (κ2) is 5.80. The van der Waals surface area contributed by atoms with Crippen molar-refractivity contribution in [1.29, 1.82) is 0 Å². The molecule has 9 nitrogen and oxygen atoms in total. The number of carbonyl (C=O) groups excluding carboxylic acids is 1. The van der Waals surface area contributed by atoms with Gasteiger partial charge < -0.3 is 10.4 Å². The highest BCUT2D eigenvalue weighted by molar-refractivity contribution is 7.89. The molecule has 0 aliphatic heterocycles. The molecule has 1 atom stereocenters. The van der Waals surface area contributed by atoms with E-state index in [2.05, 4.69) is 10.4 Å². The molecule has 1 heterocycles. The Balaban J connectivity index is 2.57. The average Bonchev–Trinajstić information content (AvgIpc) is 2.74. The fourth-order valence-electron chi connectivity index (χ4n) is 1.14. The molecule has 0 saturated heterocycles. The normalized spacial score (nSPS) is 12.9. The van der Waals surface area contributed by atoms with Gasteiger partial charge in [0.1, 0.15) is 10.9 Å². The van der Waals surface area contributed by atoms with E-state index in [0.717, 1.165) is 6.20 Å². The molecule has 0 saturated carbocycles. The molecule has 0 bridgehead atoms. The summed E-state index contributed by atoms with van der Waals surface area (Å²) in [6, 6.07) is -1.09. The highest BCUT2D eigenvalue weighted by Gasteiger charge is 2.19. The van der Waals surface area contributed by atoms with Crippen molar-refractivity contribution in [2.45, 2.75) is 17.9 Å². The molecule has 1 aromatic rings. The molecule has 19 heavy (non-hydrogen) atoms. The summed E-state index contributed by atoms with van der Waals surface area (Å²) in [4.78, 5) is 21.7. The average molecular weight is 290 g/mol. The van der Waals surface area contributed by atoms with Gasteiger partial charge in [0, 0.05) is 13.2 Å². The minimum absolute atomic E-state index is 0.0749. The first kappa shape index (κ1) is 15.1. The maximum atomic E-state index is 11.7. The van der Waals surface area contributed by atoms with Crippen LogP contribution in [0.1, 0.15) is 6.92 Å². The molecule has 0 unspecified atom stereocenters. The highest BCUT2D eigenvalue weighted by Crippen LogP contribution is 2.04. The van der Waals surface area contributed by atoms with E-state index in [1.54, 1.807) is 7.05 Å². The van der Waals surface area contributed by atoms with Crippen LogP contribution in [0.2, 0.25) is 0 Å². The number of amides is 1. The first-order valence-corrected chi connectivity index (χ1v) is 6.71. The third-order valence-electron chi connectivity index (χ3n) is 2.16. The molecule has 0 aliphatic rings. The number of carboxylic acids is 1. The van der Waals surface area contributed by atoms with Crippen molar-refractivity contribution < 1.29 is 23.1 Å². The Morgan fingerprint density at radius 3 is 2.63 bits per heavy atom. The number of hydrogen-bond acceptors (Lipinski definition) is 5. The maximum absolute atomic E-state index is 11.7. The van der Waals surface area contributed by atoms with Gasteiger partial charge in [-0.15, -0.1) is 0 Å². The predicted molar refractivity (Wildman–Crippen MR) is 63.6 cm³/mol. The lowest BCUT2D eigenvalue weighted by Gasteiger charge is -2.09. The first-order valence-electron chi connectivity index (χ1n) is 5.23. The lowest BCUT2D eigenvalue weighted by atomic mass is 10.3. The number of sulfonamides is 1. The standard InChI is InChI=1S/C9H14N4O5S/c1-6(9(15)16)12-8(14)4-11-19(17,18)7-3-10-13(2)5-7/h3,5-6,11H,4H2,1-2H3,(H,12,14)(H,15,16)/t6-/m1/s1. The van der Waals surface area contributed by atoms with Crippen molar-refractivity contribution in [3.63, 3.8) is 0 Å². The molecule has 0 aromatic carbocycles. The lowest BCUT2D eigenvalue weighted by molar-refractivity contribution is -0.141. The number of nitrogens with one attached hydrogen (secondary N) is 2. The zero-order chi connectivity index (χ0) is 14.6. The van der Waals surface area contributed by atoms with Crippen LogP contribution < -0.4 is 10.0 Å². The summed E-state index contributed by atoms with van der Waals surface area (Å²) in [5, 5.41) is 14.4. The first-order chi connectivity index (χ1) is 8.72. The number of aromatic nitrogens is 2. The van der Waals surface area contributed by atoms with Gasteiger partial charge in [-0.05, 0) is 6.92 Å². The Labute approximate surface area is 109 Å². The van der Waals surface area contributed by atoms with Gasteiger partial charge in [-0.3, -0.25) is 14.3 Å². The summed E-state index contributed by atoms with van der Waals surface area (Å²) < 4.78 is 26.8.